The predicted octanol–water partition coefficient (Wildman–Crippen LogP) is 3.26. The summed E-state index contributed by atoms with van der Waals surface area (Å²) in [7, 11) is 0. The third-order valence-electron chi connectivity index (χ3n) is 3.74. The molecule has 0 fully saturated rings. The largest absolute Gasteiger partial charge is 0.321 e. The number of carbonyl (C=O) groups excluding carboxylic acids is 2. The Bertz CT molecular complexity index is 815. The number of halogens is 1. The SMILES string of the molecule is Cc1ccccc1N1N=C(C(=O)Nc2ccc(F)cc2)CCC1=O. The highest BCUT2D eigenvalue weighted by molar-refractivity contribution is 6.44. The van der Waals surface area contributed by atoms with Gasteiger partial charge in [0, 0.05) is 18.5 Å². The summed E-state index contributed by atoms with van der Waals surface area (Å²) in [6.45, 7) is 1.88. The molecule has 3 rings (SSSR count). The number of carbonyl (C=O) groups is 2. The molecule has 24 heavy (non-hydrogen) atoms. The predicted molar refractivity (Wildman–Crippen MR) is 90.4 cm³/mol. The van der Waals surface area contributed by atoms with Crippen molar-refractivity contribution in [2.24, 2.45) is 5.10 Å². The van der Waals surface area contributed by atoms with Crippen molar-refractivity contribution in [1.29, 1.82) is 0 Å². The highest BCUT2D eigenvalue weighted by Gasteiger charge is 2.26. The highest BCUT2D eigenvalue weighted by Crippen LogP contribution is 2.24. The van der Waals surface area contributed by atoms with Gasteiger partial charge in [0.1, 0.15) is 11.5 Å². The molecule has 0 unspecified atom stereocenters. The second-order valence-corrected chi connectivity index (χ2v) is 5.50. The van der Waals surface area contributed by atoms with E-state index in [9.17, 15) is 14.0 Å². The van der Waals surface area contributed by atoms with Gasteiger partial charge in [0.25, 0.3) is 5.91 Å². The molecule has 1 N–H and O–H groups in total. The number of hydrazone groups is 1. The zero-order chi connectivity index (χ0) is 17.1. The fourth-order valence-electron chi connectivity index (χ4n) is 2.44. The molecule has 0 saturated carbocycles. The van der Waals surface area contributed by atoms with Gasteiger partial charge in [0.2, 0.25) is 5.91 Å². The molecule has 2 aromatic rings. The summed E-state index contributed by atoms with van der Waals surface area (Å²) in [6.07, 6.45) is 0.484. The van der Waals surface area contributed by atoms with Crippen molar-refractivity contribution >= 4 is 28.9 Å². The number of rotatable bonds is 3. The van der Waals surface area contributed by atoms with Crippen LogP contribution in [0.3, 0.4) is 0 Å². The lowest BCUT2D eigenvalue weighted by Gasteiger charge is -2.24. The number of hydrogen-bond acceptors (Lipinski definition) is 3. The number of anilines is 2. The van der Waals surface area contributed by atoms with Crippen LogP contribution in [-0.2, 0) is 9.59 Å². The molecule has 0 aliphatic carbocycles. The van der Waals surface area contributed by atoms with Crippen LogP contribution in [0.2, 0.25) is 0 Å². The summed E-state index contributed by atoms with van der Waals surface area (Å²) in [4.78, 5) is 24.5. The molecule has 0 radical (unpaired) electrons. The Morgan fingerprint density at radius 3 is 2.54 bits per heavy atom. The fraction of sp³-hybridized carbons (Fsp3) is 0.167. The van der Waals surface area contributed by atoms with Crippen LogP contribution in [0.5, 0.6) is 0 Å². The van der Waals surface area contributed by atoms with Gasteiger partial charge in [-0.05, 0) is 42.8 Å². The van der Waals surface area contributed by atoms with Gasteiger partial charge in [0.15, 0.2) is 0 Å². The Morgan fingerprint density at radius 1 is 1.12 bits per heavy atom. The molecule has 122 valence electrons. The van der Waals surface area contributed by atoms with E-state index in [-0.39, 0.29) is 30.3 Å². The normalized spacial score (nSPS) is 14.3. The van der Waals surface area contributed by atoms with Crippen LogP contribution in [0.4, 0.5) is 15.8 Å². The quantitative estimate of drug-likeness (QED) is 0.941. The van der Waals surface area contributed by atoms with Crippen molar-refractivity contribution in [3.8, 4) is 0 Å². The van der Waals surface area contributed by atoms with Gasteiger partial charge in [-0.15, -0.1) is 0 Å². The Kier molecular flexibility index (Phi) is 4.37. The second kappa shape index (κ2) is 6.62. The number of benzene rings is 2. The fourth-order valence-corrected chi connectivity index (χ4v) is 2.44. The minimum atomic E-state index is -0.396. The first-order valence-electron chi connectivity index (χ1n) is 7.57. The zero-order valence-electron chi connectivity index (χ0n) is 13.1. The minimum Gasteiger partial charge on any atom is -0.321 e. The second-order valence-electron chi connectivity index (χ2n) is 5.50. The minimum absolute atomic E-state index is 0.150. The lowest BCUT2D eigenvalue weighted by atomic mass is 10.1. The van der Waals surface area contributed by atoms with E-state index in [2.05, 4.69) is 10.4 Å². The average Bonchev–Trinajstić information content (AvgIpc) is 2.58. The first-order chi connectivity index (χ1) is 11.5. The van der Waals surface area contributed by atoms with E-state index >= 15 is 0 Å². The van der Waals surface area contributed by atoms with Crippen molar-refractivity contribution < 1.29 is 14.0 Å². The van der Waals surface area contributed by atoms with Crippen LogP contribution in [0, 0.1) is 12.7 Å². The molecule has 0 bridgehead atoms. The van der Waals surface area contributed by atoms with E-state index in [1.54, 1.807) is 6.07 Å². The maximum Gasteiger partial charge on any atom is 0.271 e. The van der Waals surface area contributed by atoms with Crippen LogP contribution < -0.4 is 10.3 Å². The molecule has 0 saturated heterocycles. The Balaban J connectivity index is 1.83. The molecule has 2 aromatic carbocycles. The van der Waals surface area contributed by atoms with Crippen molar-refractivity contribution in [3.63, 3.8) is 0 Å². The van der Waals surface area contributed by atoms with Crippen molar-refractivity contribution in [2.75, 3.05) is 10.3 Å². The third-order valence-corrected chi connectivity index (χ3v) is 3.74. The molecule has 2 amide bonds. The van der Waals surface area contributed by atoms with Crippen LogP contribution in [0.25, 0.3) is 0 Å². The Morgan fingerprint density at radius 2 is 1.83 bits per heavy atom. The Labute approximate surface area is 138 Å². The topological polar surface area (TPSA) is 61.8 Å². The number of nitrogens with one attached hydrogen (secondary N) is 1. The molecule has 1 aliphatic heterocycles. The number of amides is 2. The van der Waals surface area contributed by atoms with E-state index in [0.29, 0.717) is 11.4 Å². The molecule has 0 atom stereocenters. The van der Waals surface area contributed by atoms with Gasteiger partial charge in [-0.1, -0.05) is 18.2 Å². The van der Waals surface area contributed by atoms with Crippen LogP contribution in [0.15, 0.2) is 53.6 Å². The summed E-state index contributed by atoms with van der Waals surface area (Å²) in [5, 5.41) is 8.16. The smallest absolute Gasteiger partial charge is 0.271 e. The summed E-state index contributed by atoms with van der Waals surface area (Å²) in [5.41, 5.74) is 2.30. The number of aryl methyl sites for hydroxylation is 1. The average molecular weight is 325 g/mol. The Hall–Kier alpha value is -3.02. The summed E-state index contributed by atoms with van der Waals surface area (Å²) in [6, 6.07) is 12.8. The maximum atomic E-state index is 12.9. The van der Waals surface area contributed by atoms with E-state index in [4.69, 9.17) is 0 Å². The van der Waals surface area contributed by atoms with Gasteiger partial charge in [-0.2, -0.15) is 5.10 Å². The first-order valence-corrected chi connectivity index (χ1v) is 7.57. The van der Waals surface area contributed by atoms with Gasteiger partial charge in [-0.3, -0.25) is 9.59 Å². The standard InChI is InChI=1S/C18H16FN3O2/c1-12-4-2-3-5-16(12)22-17(23)11-10-15(21-22)18(24)20-14-8-6-13(19)7-9-14/h2-9H,10-11H2,1H3,(H,20,24). The van der Waals surface area contributed by atoms with Crippen LogP contribution >= 0.6 is 0 Å². The molecule has 0 spiro atoms. The monoisotopic (exact) mass is 325 g/mol. The molecular formula is C18H16FN3O2. The number of para-hydroxylation sites is 1. The molecule has 0 aromatic heterocycles. The van der Waals surface area contributed by atoms with E-state index in [1.807, 2.05) is 25.1 Å². The molecular weight excluding hydrogens is 309 g/mol. The van der Waals surface area contributed by atoms with E-state index in [0.717, 1.165) is 5.56 Å². The van der Waals surface area contributed by atoms with E-state index in [1.165, 1.54) is 29.3 Å². The highest BCUT2D eigenvalue weighted by atomic mass is 19.1. The number of nitrogens with zero attached hydrogens (tertiary/aromatic N) is 2. The third kappa shape index (κ3) is 3.32. The lowest BCUT2D eigenvalue weighted by molar-refractivity contribution is -0.118. The zero-order valence-corrected chi connectivity index (χ0v) is 13.1. The summed E-state index contributed by atoms with van der Waals surface area (Å²) in [5.74, 6) is -0.922. The van der Waals surface area contributed by atoms with E-state index < -0.39 is 5.91 Å². The van der Waals surface area contributed by atoms with Crippen LogP contribution in [0.1, 0.15) is 18.4 Å². The molecule has 1 heterocycles. The van der Waals surface area contributed by atoms with Gasteiger partial charge < -0.3 is 5.32 Å². The molecule has 1 aliphatic rings. The molecule has 5 nitrogen and oxygen atoms in total. The first kappa shape index (κ1) is 15.9. The van der Waals surface area contributed by atoms with Crippen molar-refractivity contribution in [1.82, 2.24) is 0 Å². The van der Waals surface area contributed by atoms with Crippen molar-refractivity contribution in [2.45, 2.75) is 19.8 Å². The molecule has 6 heteroatoms. The van der Waals surface area contributed by atoms with Gasteiger partial charge in [-0.25, -0.2) is 9.40 Å². The van der Waals surface area contributed by atoms with Gasteiger partial charge >= 0.3 is 0 Å². The summed E-state index contributed by atoms with van der Waals surface area (Å²) >= 11 is 0. The summed E-state index contributed by atoms with van der Waals surface area (Å²) < 4.78 is 12.9. The van der Waals surface area contributed by atoms with Crippen molar-refractivity contribution in [3.05, 3.63) is 59.9 Å². The maximum absolute atomic E-state index is 12.9. The lowest BCUT2D eigenvalue weighted by Crippen LogP contribution is -2.36. The van der Waals surface area contributed by atoms with Gasteiger partial charge in [0.05, 0.1) is 5.69 Å². The number of hydrogen-bond donors (Lipinski definition) is 1. The van der Waals surface area contributed by atoms with Crippen LogP contribution in [-0.4, -0.2) is 17.5 Å².